The van der Waals surface area contributed by atoms with Crippen molar-refractivity contribution >= 4 is 23.3 Å². The van der Waals surface area contributed by atoms with E-state index in [4.69, 9.17) is 26.6 Å². The van der Waals surface area contributed by atoms with Gasteiger partial charge in [0, 0.05) is 70.5 Å². The number of para-hydroxylation sites is 1. The van der Waals surface area contributed by atoms with Crippen LogP contribution < -0.4 is 4.90 Å². The fourth-order valence-corrected chi connectivity index (χ4v) is 9.17. The molecular formula is C24H47NO6Si2. The van der Waals surface area contributed by atoms with E-state index < -0.39 is 17.6 Å². The van der Waals surface area contributed by atoms with Gasteiger partial charge in [0.1, 0.15) is 0 Å². The first-order valence-corrected chi connectivity index (χ1v) is 16.5. The molecule has 0 aliphatic carbocycles. The summed E-state index contributed by atoms with van der Waals surface area (Å²) in [4.78, 5) is 2.42. The summed E-state index contributed by atoms with van der Waals surface area (Å²) in [6, 6.07) is 12.2. The number of rotatable bonds is 21. The lowest BCUT2D eigenvalue weighted by molar-refractivity contribution is 0.0705. The van der Waals surface area contributed by atoms with E-state index in [0.29, 0.717) is 39.6 Å². The van der Waals surface area contributed by atoms with Gasteiger partial charge in [-0.15, -0.1) is 0 Å². The molecule has 33 heavy (non-hydrogen) atoms. The lowest BCUT2D eigenvalue weighted by Crippen LogP contribution is -2.47. The second-order valence-electron chi connectivity index (χ2n) is 7.49. The Kier molecular flexibility index (Phi) is 16.1. The lowest BCUT2D eigenvalue weighted by atomic mass is 10.2. The largest absolute Gasteiger partial charge is 0.500 e. The monoisotopic (exact) mass is 501 g/mol. The Labute approximate surface area is 204 Å². The minimum Gasteiger partial charge on any atom is -0.374 e. The predicted molar refractivity (Wildman–Crippen MR) is 139 cm³/mol. The quantitative estimate of drug-likeness (QED) is 0.210. The Morgan fingerprint density at radius 1 is 0.545 bits per heavy atom. The van der Waals surface area contributed by atoms with Crippen LogP contribution in [0, 0.1) is 0 Å². The van der Waals surface area contributed by atoms with Crippen LogP contribution in [0.2, 0.25) is 12.1 Å². The molecule has 0 N–H and O–H groups in total. The average Bonchev–Trinajstić information content (AvgIpc) is 2.80. The zero-order valence-corrected chi connectivity index (χ0v) is 23.8. The summed E-state index contributed by atoms with van der Waals surface area (Å²) < 4.78 is 36.2. The van der Waals surface area contributed by atoms with Gasteiger partial charge in [-0.05, 0) is 66.5 Å². The van der Waals surface area contributed by atoms with E-state index in [1.54, 1.807) is 0 Å². The summed E-state index contributed by atoms with van der Waals surface area (Å²) >= 11 is 0. The highest BCUT2D eigenvalue weighted by Crippen LogP contribution is 2.23. The van der Waals surface area contributed by atoms with Crippen LogP contribution in [0.1, 0.15) is 54.4 Å². The van der Waals surface area contributed by atoms with E-state index in [0.717, 1.165) is 38.0 Å². The maximum atomic E-state index is 6.04. The first-order chi connectivity index (χ1) is 16.0. The van der Waals surface area contributed by atoms with Gasteiger partial charge in [0.05, 0.1) is 0 Å². The highest BCUT2D eigenvalue weighted by Gasteiger charge is 2.41. The molecule has 9 heteroatoms. The van der Waals surface area contributed by atoms with Crippen LogP contribution >= 0.6 is 0 Å². The molecule has 0 aromatic heterocycles. The molecule has 0 bridgehead atoms. The SMILES string of the molecule is CCO[Si](CCCN(CCC[Si](OCC)(OCC)OCC)c1ccccc1)(OCC)OCC. The van der Waals surface area contributed by atoms with E-state index in [2.05, 4.69) is 35.2 Å². The van der Waals surface area contributed by atoms with Gasteiger partial charge < -0.3 is 31.5 Å². The molecule has 0 spiro atoms. The van der Waals surface area contributed by atoms with Gasteiger partial charge in [0.25, 0.3) is 0 Å². The molecule has 0 atom stereocenters. The summed E-state index contributed by atoms with van der Waals surface area (Å²) in [5, 5.41) is 0. The number of benzene rings is 1. The van der Waals surface area contributed by atoms with Crippen molar-refractivity contribution in [3.63, 3.8) is 0 Å². The molecule has 0 saturated heterocycles. The van der Waals surface area contributed by atoms with Crippen molar-refractivity contribution in [2.24, 2.45) is 0 Å². The second kappa shape index (κ2) is 17.6. The molecular weight excluding hydrogens is 454 g/mol. The number of hydrogen-bond acceptors (Lipinski definition) is 7. The third kappa shape index (κ3) is 11.0. The highest BCUT2D eigenvalue weighted by molar-refractivity contribution is 6.61. The number of nitrogens with zero attached hydrogens (tertiary/aromatic N) is 1. The van der Waals surface area contributed by atoms with Gasteiger partial charge in [0.15, 0.2) is 0 Å². The van der Waals surface area contributed by atoms with E-state index in [1.165, 1.54) is 5.69 Å². The van der Waals surface area contributed by atoms with Crippen LogP contribution in [-0.4, -0.2) is 70.3 Å². The van der Waals surface area contributed by atoms with Crippen molar-refractivity contribution in [3.05, 3.63) is 30.3 Å². The van der Waals surface area contributed by atoms with E-state index in [1.807, 2.05) is 41.5 Å². The van der Waals surface area contributed by atoms with Gasteiger partial charge in [-0.3, -0.25) is 0 Å². The smallest absolute Gasteiger partial charge is 0.374 e. The van der Waals surface area contributed by atoms with Crippen LogP contribution in [0.25, 0.3) is 0 Å². The molecule has 0 unspecified atom stereocenters. The summed E-state index contributed by atoms with van der Waals surface area (Å²) in [7, 11) is -5.27. The topological polar surface area (TPSA) is 58.6 Å². The standard InChI is InChI=1S/C24H47NO6Si2/c1-7-26-32(27-8-2,28-9-3)22-16-20-25(24-18-14-13-15-19-24)21-17-23-33(29-10-4,30-11-5)31-12-6/h13-15,18-19H,7-12,16-17,20-23H2,1-6H3. The average molecular weight is 502 g/mol. The van der Waals surface area contributed by atoms with E-state index >= 15 is 0 Å². The van der Waals surface area contributed by atoms with Crippen LogP contribution in [0.4, 0.5) is 5.69 Å². The van der Waals surface area contributed by atoms with Crippen molar-refractivity contribution in [1.29, 1.82) is 0 Å². The van der Waals surface area contributed by atoms with Crippen molar-refractivity contribution in [2.75, 3.05) is 57.6 Å². The maximum absolute atomic E-state index is 6.04. The third-order valence-electron chi connectivity index (χ3n) is 5.13. The number of hydrogen-bond donors (Lipinski definition) is 0. The summed E-state index contributed by atoms with van der Waals surface area (Å²) in [5.74, 6) is 0. The maximum Gasteiger partial charge on any atom is 0.500 e. The summed E-state index contributed by atoms with van der Waals surface area (Å²) in [6.45, 7) is 17.4. The van der Waals surface area contributed by atoms with Gasteiger partial charge in [-0.2, -0.15) is 0 Å². The molecule has 0 heterocycles. The normalized spacial score (nSPS) is 12.3. The fraction of sp³-hybridized carbons (Fsp3) is 0.750. The van der Waals surface area contributed by atoms with Crippen LogP contribution in [-0.2, 0) is 26.6 Å². The second-order valence-corrected chi connectivity index (χ2v) is 13.0. The number of anilines is 1. The minimum absolute atomic E-state index is 0.605. The van der Waals surface area contributed by atoms with Crippen LogP contribution in [0.5, 0.6) is 0 Å². The molecule has 1 aromatic rings. The Morgan fingerprint density at radius 2 is 0.879 bits per heavy atom. The molecule has 192 valence electrons. The summed E-state index contributed by atoms with van der Waals surface area (Å²) in [5.41, 5.74) is 1.21. The summed E-state index contributed by atoms with van der Waals surface area (Å²) in [6.07, 6.45) is 1.87. The van der Waals surface area contributed by atoms with Crippen molar-refractivity contribution < 1.29 is 26.6 Å². The molecule has 0 saturated carbocycles. The molecule has 0 aliphatic heterocycles. The molecule has 0 aliphatic rings. The zero-order valence-electron chi connectivity index (χ0n) is 21.8. The van der Waals surface area contributed by atoms with E-state index in [-0.39, 0.29) is 0 Å². The third-order valence-corrected chi connectivity index (χ3v) is 11.4. The Morgan fingerprint density at radius 3 is 1.18 bits per heavy atom. The highest BCUT2D eigenvalue weighted by atomic mass is 28.4. The first kappa shape index (κ1) is 30.2. The van der Waals surface area contributed by atoms with Gasteiger partial charge >= 0.3 is 17.6 Å². The van der Waals surface area contributed by atoms with Crippen molar-refractivity contribution in [1.82, 2.24) is 0 Å². The first-order valence-electron chi connectivity index (χ1n) is 12.7. The molecule has 0 amide bonds. The molecule has 7 nitrogen and oxygen atoms in total. The minimum atomic E-state index is -2.64. The van der Waals surface area contributed by atoms with Gasteiger partial charge in [-0.1, -0.05) is 18.2 Å². The van der Waals surface area contributed by atoms with Crippen LogP contribution in [0.15, 0.2) is 30.3 Å². The molecule has 1 aromatic carbocycles. The Bertz CT molecular complexity index is 530. The molecule has 0 radical (unpaired) electrons. The van der Waals surface area contributed by atoms with Crippen molar-refractivity contribution in [2.45, 2.75) is 66.5 Å². The van der Waals surface area contributed by atoms with Gasteiger partial charge in [-0.25, -0.2) is 0 Å². The van der Waals surface area contributed by atoms with E-state index in [9.17, 15) is 0 Å². The molecule has 1 rings (SSSR count). The lowest BCUT2D eigenvalue weighted by Gasteiger charge is -2.32. The predicted octanol–water partition coefficient (Wildman–Crippen LogP) is 5.37. The van der Waals surface area contributed by atoms with Crippen LogP contribution in [0.3, 0.4) is 0 Å². The van der Waals surface area contributed by atoms with Crippen molar-refractivity contribution in [3.8, 4) is 0 Å². The fourth-order valence-electron chi connectivity index (χ4n) is 3.98. The molecule has 0 fully saturated rings. The Hall–Kier alpha value is -0.786. The van der Waals surface area contributed by atoms with Gasteiger partial charge in [0.2, 0.25) is 0 Å². The Balaban J connectivity index is 2.84. The zero-order chi connectivity index (χ0) is 24.4.